The number of amides is 5. The van der Waals surface area contributed by atoms with E-state index in [0.29, 0.717) is 32.0 Å². The van der Waals surface area contributed by atoms with Gasteiger partial charge < -0.3 is 15.3 Å². The molecular weight excluding hydrogens is 631 g/mol. The van der Waals surface area contributed by atoms with Crippen LogP contribution in [0.4, 0.5) is 21.0 Å². The highest BCUT2D eigenvalue weighted by molar-refractivity contribution is 6.31. The van der Waals surface area contributed by atoms with Gasteiger partial charge >= 0.3 is 12.1 Å². The van der Waals surface area contributed by atoms with Gasteiger partial charge in [-0.1, -0.05) is 65.7 Å². The molecule has 1 atom stereocenters. The number of benzene rings is 4. The fraction of sp³-hybridized carbons (Fsp3) is 0.212. The number of fused-ring (bicyclic) bond motifs is 1. The van der Waals surface area contributed by atoms with Crippen LogP contribution in [0.2, 0.25) is 10.0 Å². The predicted molar refractivity (Wildman–Crippen MR) is 179 cm³/mol. The zero-order valence-electron chi connectivity index (χ0n) is 25.0. The van der Waals surface area contributed by atoms with Crippen molar-refractivity contribution >= 4 is 69.5 Å². The number of anilines is 2. The summed E-state index contributed by atoms with van der Waals surface area (Å²) in [5.74, 6) is -0.363. The van der Waals surface area contributed by atoms with Gasteiger partial charge in [0, 0.05) is 39.9 Å². The smallest absolute Gasteiger partial charge is 0.347 e. The lowest BCUT2D eigenvalue weighted by Gasteiger charge is -2.38. The van der Waals surface area contributed by atoms with Gasteiger partial charge in [0.05, 0.1) is 11.8 Å². The van der Waals surface area contributed by atoms with Gasteiger partial charge in [-0.3, -0.25) is 14.9 Å². The average Bonchev–Trinajstić information content (AvgIpc) is 3.22. The lowest BCUT2D eigenvalue weighted by atomic mass is 9.99. The van der Waals surface area contributed by atoms with Crippen LogP contribution >= 0.6 is 23.2 Å². The van der Waals surface area contributed by atoms with Crippen molar-refractivity contribution in [3.05, 3.63) is 101 Å². The van der Waals surface area contributed by atoms with Crippen molar-refractivity contribution in [2.24, 2.45) is 5.10 Å². The number of carbonyl (C=O) groups excluding carboxylic acids is 3. The van der Waals surface area contributed by atoms with Gasteiger partial charge in [0.25, 0.3) is 0 Å². The highest BCUT2D eigenvalue weighted by atomic mass is 35.5. The fourth-order valence-electron chi connectivity index (χ4n) is 5.51. The molecule has 13 heteroatoms. The van der Waals surface area contributed by atoms with Crippen LogP contribution in [-0.2, 0) is 4.79 Å². The first kappa shape index (κ1) is 32.6. The summed E-state index contributed by atoms with van der Waals surface area (Å²) in [4.78, 5) is 42.6. The maximum absolute atomic E-state index is 13.9. The molecule has 0 aliphatic carbocycles. The van der Waals surface area contributed by atoms with Gasteiger partial charge in [0.2, 0.25) is 5.91 Å². The van der Waals surface area contributed by atoms with Crippen LogP contribution in [-0.4, -0.2) is 62.7 Å². The molecule has 4 aromatic rings. The molecule has 4 N–H and O–H groups in total. The normalized spacial score (nSPS) is 15.8. The van der Waals surface area contributed by atoms with E-state index in [-0.39, 0.29) is 25.1 Å². The summed E-state index contributed by atoms with van der Waals surface area (Å²) >= 11 is 12.3. The van der Waals surface area contributed by atoms with Crippen molar-refractivity contribution in [1.29, 1.82) is 0 Å². The van der Waals surface area contributed by atoms with E-state index in [9.17, 15) is 24.7 Å². The van der Waals surface area contributed by atoms with Crippen LogP contribution < -0.4 is 15.6 Å². The molecule has 11 nitrogen and oxygen atoms in total. The Balaban J connectivity index is 1.29. The van der Waals surface area contributed by atoms with Crippen molar-refractivity contribution in [3.63, 3.8) is 0 Å². The third kappa shape index (κ3) is 6.86. The Morgan fingerprint density at radius 2 is 1.72 bits per heavy atom. The van der Waals surface area contributed by atoms with Crippen LogP contribution in [0, 0.1) is 0 Å². The summed E-state index contributed by atoms with van der Waals surface area (Å²) in [6.45, 7) is 3.57. The number of carbonyl (C=O) groups is 3. The maximum atomic E-state index is 13.9. The van der Waals surface area contributed by atoms with Gasteiger partial charge in [-0.05, 0) is 73.5 Å². The molecule has 1 fully saturated rings. The van der Waals surface area contributed by atoms with Crippen LogP contribution in [0.3, 0.4) is 0 Å². The molecule has 0 saturated carbocycles. The Labute approximate surface area is 275 Å². The lowest BCUT2D eigenvalue weighted by molar-refractivity contribution is -0.121. The van der Waals surface area contributed by atoms with Gasteiger partial charge in [-0.15, -0.1) is 0 Å². The minimum absolute atomic E-state index is 0.0264. The number of halogens is 2. The molecule has 0 spiro atoms. The second kappa shape index (κ2) is 13.7. The highest BCUT2D eigenvalue weighted by Crippen LogP contribution is 2.39. The average molecular weight is 664 g/mol. The molecule has 4 aromatic carbocycles. The number of aromatic hydroxyl groups is 1. The first-order valence-electron chi connectivity index (χ1n) is 14.4. The number of urea groups is 2. The van der Waals surface area contributed by atoms with Gasteiger partial charge in [-0.25, -0.2) is 15.0 Å². The Kier molecular flexibility index (Phi) is 9.66. The van der Waals surface area contributed by atoms with Crippen LogP contribution in [0.15, 0.2) is 90.0 Å². The zero-order chi connectivity index (χ0) is 33.0. The molecule has 5 amide bonds. The molecule has 0 aromatic heterocycles. The maximum Gasteiger partial charge on any atom is 0.347 e. The molecule has 1 saturated heterocycles. The number of hydrogen-bond donors (Lipinski definition) is 4. The van der Waals surface area contributed by atoms with Crippen molar-refractivity contribution in [2.75, 3.05) is 16.8 Å². The van der Waals surface area contributed by atoms with Gasteiger partial charge in [-0.2, -0.15) is 10.2 Å². The zero-order valence-corrected chi connectivity index (χ0v) is 26.5. The van der Waals surface area contributed by atoms with Gasteiger partial charge in [0.1, 0.15) is 5.75 Å². The second-order valence-electron chi connectivity index (χ2n) is 11.2. The van der Waals surface area contributed by atoms with E-state index < -0.39 is 29.7 Å². The first-order chi connectivity index (χ1) is 22.0. The molecule has 1 aliphatic rings. The summed E-state index contributed by atoms with van der Waals surface area (Å²) in [6, 6.07) is 22.4. The van der Waals surface area contributed by atoms with E-state index in [4.69, 9.17) is 23.2 Å². The van der Waals surface area contributed by atoms with Crippen molar-refractivity contribution < 1.29 is 24.7 Å². The molecular formula is C33H32Cl2N6O5. The van der Waals surface area contributed by atoms with Crippen LogP contribution in [0.1, 0.15) is 32.3 Å². The molecule has 1 aliphatic heterocycles. The van der Waals surface area contributed by atoms with E-state index in [1.54, 1.807) is 68.4 Å². The molecule has 238 valence electrons. The summed E-state index contributed by atoms with van der Waals surface area (Å²) in [7, 11) is 0. The SMILES string of the molecule is CC1(C)[C@@H](N(O)C(=O)Nc2cccc(Cl)c2)N(c2cccc(Cl)c2)C(=O)N1CCCC(=O)N/N=C\c1c(O)ccc2ccccc12. The monoisotopic (exact) mass is 662 g/mol. The number of hydrogen-bond acceptors (Lipinski definition) is 6. The van der Waals surface area contributed by atoms with Crippen molar-refractivity contribution in [3.8, 4) is 5.75 Å². The van der Waals surface area contributed by atoms with Crippen molar-refractivity contribution in [2.45, 2.75) is 38.4 Å². The quantitative estimate of drug-likeness (QED) is 0.0864. The molecule has 1 heterocycles. The molecule has 5 rings (SSSR count). The molecule has 46 heavy (non-hydrogen) atoms. The third-order valence-electron chi connectivity index (χ3n) is 7.73. The van der Waals surface area contributed by atoms with E-state index in [0.717, 1.165) is 10.8 Å². The Morgan fingerprint density at radius 3 is 2.46 bits per heavy atom. The first-order valence-corrected chi connectivity index (χ1v) is 15.2. The fourth-order valence-corrected chi connectivity index (χ4v) is 5.88. The van der Waals surface area contributed by atoms with Crippen LogP contribution in [0.25, 0.3) is 10.8 Å². The number of nitrogens with one attached hydrogen (secondary N) is 2. The summed E-state index contributed by atoms with van der Waals surface area (Å²) in [6.07, 6.45) is 0.496. The Morgan fingerprint density at radius 1 is 1.00 bits per heavy atom. The van der Waals surface area contributed by atoms with Crippen LogP contribution in [0.5, 0.6) is 5.75 Å². The number of rotatable bonds is 9. The Bertz CT molecular complexity index is 1820. The number of nitrogens with zero attached hydrogens (tertiary/aromatic N) is 4. The number of phenolic OH excluding ortho intramolecular Hbond substituents is 1. The Hall–Kier alpha value is -4.84. The summed E-state index contributed by atoms with van der Waals surface area (Å²) < 4.78 is 0. The number of hydroxylamine groups is 2. The summed E-state index contributed by atoms with van der Waals surface area (Å²) in [5, 5.41) is 31.1. The van der Waals surface area contributed by atoms with E-state index in [1.165, 1.54) is 22.1 Å². The number of hydrazone groups is 1. The van der Waals surface area contributed by atoms with E-state index in [1.807, 2.05) is 24.3 Å². The molecule has 0 unspecified atom stereocenters. The minimum Gasteiger partial charge on any atom is -0.507 e. The van der Waals surface area contributed by atoms with E-state index >= 15 is 0 Å². The molecule has 0 bridgehead atoms. The van der Waals surface area contributed by atoms with Gasteiger partial charge in [0.15, 0.2) is 6.17 Å². The third-order valence-corrected chi connectivity index (χ3v) is 8.20. The lowest BCUT2D eigenvalue weighted by Crippen LogP contribution is -2.58. The predicted octanol–water partition coefficient (Wildman–Crippen LogP) is 7.05. The second-order valence-corrected chi connectivity index (χ2v) is 12.1. The highest BCUT2D eigenvalue weighted by Gasteiger charge is 2.55. The standard InChI is InChI=1S/C33H32Cl2N6O5/c1-33(2)30(41(46)31(44)37-24-11-5-9-22(34)18-24)40(25-12-6-10-23(35)19-25)32(45)39(33)17-7-14-29(43)38-36-20-27-26-13-4-3-8-21(26)15-16-28(27)42/h3-6,8-13,15-16,18-20,30,42,46H,7,14,17H2,1-2H3,(H,37,44)(H,38,43)/b36-20-/t30-/m1/s1. The largest absolute Gasteiger partial charge is 0.507 e. The minimum atomic E-state index is -1.18. The van der Waals surface area contributed by atoms with E-state index in [2.05, 4.69) is 15.8 Å². The molecule has 0 radical (unpaired) electrons. The summed E-state index contributed by atoms with van der Waals surface area (Å²) in [5.41, 5.74) is 2.55. The number of phenols is 1. The van der Waals surface area contributed by atoms with Crippen molar-refractivity contribution in [1.82, 2.24) is 15.4 Å². The topological polar surface area (TPSA) is 138 Å².